The van der Waals surface area contributed by atoms with Crippen LogP contribution in [0.3, 0.4) is 0 Å². The van der Waals surface area contributed by atoms with Crippen LogP contribution in [0.5, 0.6) is 0 Å². The average Bonchev–Trinajstić information content (AvgIpc) is 2.69. The predicted octanol–water partition coefficient (Wildman–Crippen LogP) is -1.41. The number of thiol groups is 2. The molecule has 9 nitrogen and oxygen atoms in total. The lowest BCUT2D eigenvalue weighted by molar-refractivity contribution is -0.141. The first kappa shape index (κ1) is 23.8. The van der Waals surface area contributed by atoms with E-state index in [9.17, 15) is 24.3 Å². The smallest absolute Gasteiger partial charge is 0.326 e. The molecule has 0 aliphatic heterocycles. The summed E-state index contributed by atoms with van der Waals surface area (Å²) in [6.07, 6.45) is 0.104. The Labute approximate surface area is 173 Å². The van der Waals surface area contributed by atoms with Crippen LogP contribution in [0.2, 0.25) is 0 Å². The van der Waals surface area contributed by atoms with Gasteiger partial charge in [0.25, 0.3) is 0 Å². The third-order valence-electron chi connectivity index (χ3n) is 3.69. The minimum absolute atomic E-state index is 0.00968. The molecule has 3 atom stereocenters. The number of nitrogens with one attached hydrogen (secondary N) is 3. The Hall–Kier alpha value is -2.24. The number of hydrogen-bond acceptors (Lipinski definition) is 7. The maximum atomic E-state index is 12.1. The summed E-state index contributed by atoms with van der Waals surface area (Å²) in [5, 5.41) is 16.4. The van der Waals surface area contributed by atoms with Crippen molar-refractivity contribution in [1.29, 1.82) is 0 Å². The number of amides is 3. The molecule has 0 fully saturated rings. The molecule has 3 unspecified atom stereocenters. The van der Waals surface area contributed by atoms with E-state index in [0.717, 1.165) is 5.56 Å². The number of carboxylic acids is 1. The van der Waals surface area contributed by atoms with Gasteiger partial charge in [-0.1, -0.05) is 30.3 Å². The quantitative estimate of drug-likeness (QED) is 0.215. The lowest BCUT2D eigenvalue weighted by Crippen LogP contribution is -2.54. The number of carboxylic acid groups (broad SMARTS) is 1. The van der Waals surface area contributed by atoms with Crippen molar-refractivity contribution in [2.75, 3.05) is 18.1 Å². The summed E-state index contributed by atoms with van der Waals surface area (Å²) in [6.45, 7) is -0.448. The van der Waals surface area contributed by atoms with E-state index in [0.29, 0.717) is 0 Å². The lowest BCUT2D eigenvalue weighted by Gasteiger charge is -2.19. The van der Waals surface area contributed by atoms with Gasteiger partial charge >= 0.3 is 5.97 Å². The molecule has 28 heavy (non-hydrogen) atoms. The first-order valence-electron chi connectivity index (χ1n) is 8.40. The first-order chi connectivity index (χ1) is 13.3. The van der Waals surface area contributed by atoms with E-state index in [4.69, 9.17) is 5.73 Å². The number of carbonyl (C=O) groups excluding carboxylic acids is 3. The van der Waals surface area contributed by atoms with Crippen LogP contribution in [0, 0.1) is 0 Å². The molecule has 1 aromatic rings. The standard InChI is InChI=1S/C17H24N4O5S2/c18-11(8-27)15(23)21-13(9-28)16(24)19-7-14(22)20-12(17(25)26)6-10-4-2-1-3-5-10/h1-5,11-13,27-28H,6-9,18H2,(H,19,24)(H,20,22)(H,21,23)(H,25,26). The van der Waals surface area contributed by atoms with Gasteiger partial charge in [0.1, 0.15) is 12.1 Å². The van der Waals surface area contributed by atoms with Gasteiger partial charge in [0.05, 0.1) is 12.6 Å². The molecular weight excluding hydrogens is 404 g/mol. The molecule has 3 amide bonds. The number of aliphatic carboxylic acids is 1. The molecule has 1 aromatic carbocycles. The van der Waals surface area contributed by atoms with Crippen LogP contribution in [-0.2, 0) is 25.6 Å². The van der Waals surface area contributed by atoms with Crippen molar-refractivity contribution in [3.8, 4) is 0 Å². The molecule has 1 rings (SSSR count). The number of rotatable bonds is 11. The summed E-state index contributed by atoms with van der Waals surface area (Å²) in [4.78, 5) is 47.2. The fourth-order valence-corrected chi connectivity index (χ4v) is 2.56. The van der Waals surface area contributed by atoms with Crippen LogP contribution in [0.4, 0.5) is 0 Å². The highest BCUT2D eigenvalue weighted by Gasteiger charge is 2.24. The number of nitrogens with two attached hydrogens (primary N) is 1. The highest BCUT2D eigenvalue weighted by Crippen LogP contribution is 2.03. The van der Waals surface area contributed by atoms with Gasteiger partial charge in [-0.15, -0.1) is 0 Å². The summed E-state index contributed by atoms with van der Waals surface area (Å²) in [5.74, 6) is -2.97. The minimum Gasteiger partial charge on any atom is -0.480 e. The van der Waals surface area contributed by atoms with Crippen LogP contribution in [0.1, 0.15) is 5.56 Å². The Morgan fingerprint density at radius 2 is 1.61 bits per heavy atom. The average molecular weight is 429 g/mol. The van der Waals surface area contributed by atoms with Gasteiger partial charge in [-0.05, 0) is 5.56 Å². The maximum Gasteiger partial charge on any atom is 0.326 e. The summed E-state index contributed by atoms with van der Waals surface area (Å²) in [7, 11) is 0. The summed E-state index contributed by atoms with van der Waals surface area (Å²) in [6, 6.07) is 5.82. The van der Waals surface area contributed by atoms with E-state index in [-0.39, 0.29) is 17.9 Å². The molecule has 0 aliphatic carbocycles. The zero-order chi connectivity index (χ0) is 21.1. The fraction of sp³-hybridized carbons (Fsp3) is 0.412. The summed E-state index contributed by atoms with van der Waals surface area (Å²) >= 11 is 7.90. The van der Waals surface area contributed by atoms with Crippen LogP contribution in [0.15, 0.2) is 30.3 Å². The molecule has 0 heterocycles. The van der Waals surface area contributed by atoms with Crippen molar-refractivity contribution in [1.82, 2.24) is 16.0 Å². The van der Waals surface area contributed by atoms with E-state index in [1.807, 2.05) is 0 Å². The predicted molar refractivity (Wildman–Crippen MR) is 110 cm³/mol. The van der Waals surface area contributed by atoms with Gasteiger partial charge in [-0.3, -0.25) is 14.4 Å². The zero-order valence-electron chi connectivity index (χ0n) is 15.0. The zero-order valence-corrected chi connectivity index (χ0v) is 16.8. The monoisotopic (exact) mass is 428 g/mol. The van der Waals surface area contributed by atoms with Crippen LogP contribution < -0.4 is 21.7 Å². The molecule has 0 aliphatic rings. The normalized spacial score (nSPS) is 13.7. The number of hydrogen-bond donors (Lipinski definition) is 7. The minimum atomic E-state index is -1.19. The Morgan fingerprint density at radius 1 is 0.964 bits per heavy atom. The van der Waals surface area contributed by atoms with E-state index in [1.54, 1.807) is 30.3 Å². The fourth-order valence-electron chi connectivity index (χ4n) is 2.14. The molecule has 11 heteroatoms. The SMILES string of the molecule is NC(CS)C(=O)NC(CS)C(=O)NCC(=O)NC(Cc1ccccc1)C(=O)O. The second-order valence-electron chi connectivity index (χ2n) is 5.90. The van der Waals surface area contributed by atoms with E-state index in [2.05, 4.69) is 41.2 Å². The molecule has 0 saturated carbocycles. The second-order valence-corrected chi connectivity index (χ2v) is 6.63. The first-order valence-corrected chi connectivity index (χ1v) is 9.66. The van der Waals surface area contributed by atoms with Crippen molar-refractivity contribution in [3.63, 3.8) is 0 Å². The Bertz CT molecular complexity index is 689. The third-order valence-corrected chi connectivity index (χ3v) is 4.45. The van der Waals surface area contributed by atoms with Gasteiger partial charge in [-0.25, -0.2) is 4.79 Å². The van der Waals surface area contributed by atoms with Crippen molar-refractivity contribution >= 4 is 48.9 Å². The third kappa shape index (κ3) is 8.19. The number of carbonyl (C=O) groups is 4. The van der Waals surface area contributed by atoms with E-state index in [1.165, 1.54) is 0 Å². The van der Waals surface area contributed by atoms with Crippen molar-refractivity contribution in [2.24, 2.45) is 5.73 Å². The largest absolute Gasteiger partial charge is 0.480 e. The Balaban J connectivity index is 2.55. The van der Waals surface area contributed by atoms with Gasteiger partial charge < -0.3 is 26.8 Å². The van der Waals surface area contributed by atoms with Gasteiger partial charge in [-0.2, -0.15) is 25.3 Å². The Morgan fingerprint density at radius 3 is 2.14 bits per heavy atom. The highest BCUT2D eigenvalue weighted by atomic mass is 32.1. The van der Waals surface area contributed by atoms with Crippen molar-refractivity contribution in [2.45, 2.75) is 24.5 Å². The molecule has 0 bridgehead atoms. The van der Waals surface area contributed by atoms with E-state index >= 15 is 0 Å². The van der Waals surface area contributed by atoms with Crippen molar-refractivity contribution in [3.05, 3.63) is 35.9 Å². The number of benzene rings is 1. The molecule has 0 aromatic heterocycles. The van der Waals surface area contributed by atoms with Crippen LogP contribution in [0.25, 0.3) is 0 Å². The summed E-state index contributed by atoms with van der Waals surface area (Å²) < 4.78 is 0. The van der Waals surface area contributed by atoms with Gasteiger partial charge in [0.2, 0.25) is 17.7 Å². The molecule has 0 spiro atoms. The molecule has 6 N–H and O–H groups in total. The molecule has 0 radical (unpaired) electrons. The van der Waals surface area contributed by atoms with Gasteiger partial charge in [0.15, 0.2) is 0 Å². The molecular formula is C17H24N4O5S2. The van der Waals surface area contributed by atoms with Crippen molar-refractivity contribution < 1.29 is 24.3 Å². The molecule has 154 valence electrons. The van der Waals surface area contributed by atoms with E-state index < -0.39 is 48.4 Å². The second kappa shape index (κ2) is 12.3. The van der Waals surface area contributed by atoms with Crippen LogP contribution in [-0.4, -0.2) is 65.0 Å². The maximum absolute atomic E-state index is 12.1. The van der Waals surface area contributed by atoms with Gasteiger partial charge in [0, 0.05) is 17.9 Å². The topological polar surface area (TPSA) is 151 Å². The lowest BCUT2D eigenvalue weighted by atomic mass is 10.1. The summed E-state index contributed by atoms with van der Waals surface area (Å²) in [5.41, 5.74) is 6.27. The highest BCUT2D eigenvalue weighted by molar-refractivity contribution is 7.80. The van der Waals surface area contributed by atoms with Crippen LogP contribution >= 0.6 is 25.3 Å². The Kier molecular flexibility index (Phi) is 10.4. The molecule has 0 saturated heterocycles.